The van der Waals surface area contributed by atoms with Gasteiger partial charge in [-0.25, -0.2) is 0 Å². The van der Waals surface area contributed by atoms with Gasteiger partial charge in [0.1, 0.15) is 12.2 Å². The van der Waals surface area contributed by atoms with Crippen molar-refractivity contribution in [1.82, 2.24) is 0 Å². The quantitative estimate of drug-likeness (QED) is 0.557. The average Bonchev–Trinajstić information content (AvgIpc) is 2.28. The Bertz CT molecular complexity index is 415. The molecule has 1 aromatic carbocycles. The number of quaternary nitrogens is 1. The van der Waals surface area contributed by atoms with Crippen molar-refractivity contribution in [3.63, 3.8) is 0 Å². The van der Waals surface area contributed by atoms with Crippen LogP contribution in [0.15, 0.2) is 24.3 Å². The minimum atomic E-state index is 0.132. The molecule has 1 aliphatic rings. The Balaban J connectivity index is 2.43. The Kier molecular flexibility index (Phi) is 2.53. The predicted molar refractivity (Wildman–Crippen MR) is 58.8 cm³/mol. The van der Waals surface area contributed by atoms with E-state index in [1.165, 1.54) is 4.90 Å². The fourth-order valence-electron chi connectivity index (χ4n) is 1.63. The van der Waals surface area contributed by atoms with Crippen molar-refractivity contribution in [3.8, 4) is 0 Å². The van der Waals surface area contributed by atoms with Gasteiger partial charge in [0.05, 0.1) is 0 Å². The Labute approximate surface area is 88.0 Å². The lowest BCUT2D eigenvalue weighted by molar-refractivity contribution is -0.769. The molecular weight excluding hydrogens is 192 g/mol. The molecular formula is C11H12N2O2. The highest BCUT2D eigenvalue weighted by molar-refractivity contribution is 5.77. The lowest BCUT2D eigenvalue weighted by atomic mass is 10.1. The number of hydrogen-bond acceptors (Lipinski definition) is 2. The summed E-state index contributed by atoms with van der Waals surface area (Å²) >= 11 is 0. The lowest BCUT2D eigenvalue weighted by Gasteiger charge is -2.25. The predicted octanol–water partition coefficient (Wildman–Crippen LogP) is 0.320. The fraction of sp³-hybridized carbons (Fsp3) is 0.182. The summed E-state index contributed by atoms with van der Waals surface area (Å²) in [5.74, 6) is 0. The van der Waals surface area contributed by atoms with E-state index in [2.05, 4.69) is 0 Å². The van der Waals surface area contributed by atoms with Crippen molar-refractivity contribution in [2.24, 2.45) is 0 Å². The maximum absolute atomic E-state index is 11.5. The first-order valence-electron chi connectivity index (χ1n) is 4.74. The average molecular weight is 204 g/mol. The first-order valence-corrected chi connectivity index (χ1v) is 4.74. The number of hydrogen-bond donors (Lipinski definition) is 1. The standard InChI is InChI=1S/C11H12N2O2/c1-12(8-14)10-4-5-11-9(7-10)3-2-6-13(11)15/h2-5,7-8,13H,6H2,1H3. The molecule has 0 bridgehead atoms. The SMILES string of the molecule is CN(C=O)c1ccc2c(c1)C=CC[NH+]2[O-]. The normalized spacial score (nSPS) is 18.4. The molecule has 1 atom stereocenters. The smallest absolute Gasteiger partial charge is 0.213 e. The van der Waals surface area contributed by atoms with Crippen molar-refractivity contribution >= 4 is 23.9 Å². The largest absolute Gasteiger partial charge is 0.629 e. The number of hydroxylamine groups is 1. The van der Waals surface area contributed by atoms with Crippen LogP contribution in [0.4, 0.5) is 11.4 Å². The number of nitrogens with zero attached hydrogens (tertiary/aromatic N) is 1. The second-order valence-electron chi connectivity index (χ2n) is 3.52. The Morgan fingerprint density at radius 1 is 1.53 bits per heavy atom. The number of carbonyl (C=O) groups is 1. The molecule has 0 aliphatic carbocycles. The molecule has 2 rings (SSSR count). The van der Waals surface area contributed by atoms with Gasteiger partial charge in [-0.1, -0.05) is 0 Å². The zero-order valence-electron chi connectivity index (χ0n) is 8.43. The molecule has 4 heteroatoms. The van der Waals surface area contributed by atoms with Crippen LogP contribution in [0.2, 0.25) is 0 Å². The minimum absolute atomic E-state index is 0.132. The van der Waals surface area contributed by atoms with Crippen molar-refractivity contribution < 1.29 is 9.86 Å². The van der Waals surface area contributed by atoms with Crippen molar-refractivity contribution in [1.29, 1.82) is 0 Å². The molecule has 1 amide bonds. The number of amides is 1. The van der Waals surface area contributed by atoms with E-state index in [0.29, 0.717) is 6.54 Å². The van der Waals surface area contributed by atoms with E-state index >= 15 is 0 Å². The zero-order chi connectivity index (χ0) is 10.8. The van der Waals surface area contributed by atoms with Crippen LogP contribution >= 0.6 is 0 Å². The van der Waals surface area contributed by atoms with E-state index in [0.717, 1.165) is 23.3 Å². The van der Waals surface area contributed by atoms with E-state index in [1.807, 2.05) is 18.2 Å². The first kappa shape index (κ1) is 9.89. The summed E-state index contributed by atoms with van der Waals surface area (Å²) in [5, 5.41) is 11.6. The van der Waals surface area contributed by atoms with Crippen LogP contribution in [0.1, 0.15) is 5.56 Å². The highest BCUT2D eigenvalue weighted by atomic mass is 16.5. The van der Waals surface area contributed by atoms with Gasteiger partial charge in [0.15, 0.2) is 0 Å². The van der Waals surface area contributed by atoms with Crippen molar-refractivity contribution in [3.05, 3.63) is 35.0 Å². The van der Waals surface area contributed by atoms with Gasteiger partial charge in [0.2, 0.25) is 6.41 Å². The van der Waals surface area contributed by atoms with Gasteiger partial charge in [0, 0.05) is 24.4 Å². The highest BCUT2D eigenvalue weighted by Crippen LogP contribution is 2.22. The van der Waals surface area contributed by atoms with Crippen LogP contribution in [0, 0.1) is 5.21 Å². The number of benzene rings is 1. The Morgan fingerprint density at radius 2 is 2.33 bits per heavy atom. The topological polar surface area (TPSA) is 47.8 Å². The molecule has 78 valence electrons. The molecule has 1 aliphatic heterocycles. The van der Waals surface area contributed by atoms with Crippen molar-refractivity contribution in [2.75, 3.05) is 18.5 Å². The van der Waals surface area contributed by atoms with Gasteiger partial charge in [-0.2, -0.15) is 0 Å². The van der Waals surface area contributed by atoms with Gasteiger partial charge < -0.3 is 15.2 Å². The number of nitrogens with one attached hydrogen (secondary N) is 1. The van der Waals surface area contributed by atoms with Crippen LogP contribution < -0.4 is 9.96 Å². The van der Waals surface area contributed by atoms with Gasteiger partial charge in [-0.15, -0.1) is 0 Å². The van der Waals surface area contributed by atoms with E-state index in [9.17, 15) is 10.0 Å². The van der Waals surface area contributed by atoms with Crippen LogP contribution in [0.5, 0.6) is 0 Å². The third-order valence-corrected chi connectivity index (χ3v) is 2.50. The van der Waals surface area contributed by atoms with Crippen LogP contribution in [-0.4, -0.2) is 20.0 Å². The number of anilines is 1. The molecule has 1 heterocycles. The monoisotopic (exact) mass is 204 g/mol. The first-order chi connectivity index (χ1) is 7.22. The summed E-state index contributed by atoms with van der Waals surface area (Å²) < 4.78 is 0. The number of carbonyl (C=O) groups excluding carboxylic acids is 1. The molecule has 1 unspecified atom stereocenters. The lowest BCUT2D eigenvalue weighted by Crippen LogP contribution is -3.02. The molecule has 0 radical (unpaired) electrons. The fourth-order valence-corrected chi connectivity index (χ4v) is 1.63. The molecule has 4 nitrogen and oxygen atoms in total. The number of fused-ring (bicyclic) bond motifs is 1. The molecule has 0 saturated carbocycles. The van der Waals surface area contributed by atoms with Gasteiger partial charge >= 0.3 is 0 Å². The summed E-state index contributed by atoms with van der Waals surface area (Å²) in [7, 11) is 1.68. The van der Waals surface area contributed by atoms with Gasteiger partial charge in [-0.3, -0.25) is 4.79 Å². The molecule has 1 aromatic rings. The maximum Gasteiger partial charge on any atom is 0.213 e. The second kappa shape index (κ2) is 3.84. The molecule has 0 fully saturated rings. The summed E-state index contributed by atoms with van der Waals surface area (Å²) in [6.07, 6.45) is 4.50. The summed E-state index contributed by atoms with van der Waals surface area (Å²) in [6, 6.07) is 5.40. The van der Waals surface area contributed by atoms with Gasteiger partial charge in [-0.05, 0) is 24.3 Å². The van der Waals surface area contributed by atoms with Crippen LogP contribution in [0.3, 0.4) is 0 Å². The van der Waals surface area contributed by atoms with Crippen LogP contribution in [-0.2, 0) is 4.79 Å². The summed E-state index contributed by atoms with van der Waals surface area (Å²) in [6.45, 7) is 0.468. The number of rotatable bonds is 2. The Hall–Kier alpha value is -1.65. The van der Waals surface area contributed by atoms with E-state index in [4.69, 9.17) is 0 Å². The van der Waals surface area contributed by atoms with Gasteiger partial charge in [0.25, 0.3) is 0 Å². The third-order valence-electron chi connectivity index (χ3n) is 2.50. The second-order valence-corrected chi connectivity index (χ2v) is 3.52. The highest BCUT2D eigenvalue weighted by Gasteiger charge is 2.12. The van der Waals surface area contributed by atoms with E-state index in [1.54, 1.807) is 19.2 Å². The maximum atomic E-state index is 11.5. The molecule has 0 spiro atoms. The molecule has 1 N–H and O–H groups in total. The molecule has 0 aromatic heterocycles. The third kappa shape index (κ3) is 1.77. The van der Waals surface area contributed by atoms with Crippen molar-refractivity contribution in [2.45, 2.75) is 0 Å². The summed E-state index contributed by atoms with van der Waals surface area (Å²) in [4.78, 5) is 12.1. The van der Waals surface area contributed by atoms with E-state index < -0.39 is 0 Å². The minimum Gasteiger partial charge on any atom is -0.629 e. The zero-order valence-corrected chi connectivity index (χ0v) is 8.43. The molecule has 0 saturated heterocycles. The Morgan fingerprint density at radius 3 is 3.07 bits per heavy atom. The van der Waals surface area contributed by atoms with E-state index in [-0.39, 0.29) is 5.06 Å². The van der Waals surface area contributed by atoms with Crippen LogP contribution in [0.25, 0.3) is 6.08 Å². The summed E-state index contributed by atoms with van der Waals surface area (Å²) in [5.41, 5.74) is 2.42. The molecule has 15 heavy (non-hydrogen) atoms.